The molecule has 1 aliphatic heterocycles. The summed E-state index contributed by atoms with van der Waals surface area (Å²) in [6.07, 6.45) is 2.28. The summed E-state index contributed by atoms with van der Waals surface area (Å²) in [5.41, 5.74) is 5.21. The molecule has 1 aliphatic rings. The molecular weight excluding hydrogens is 170 g/mol. The van der Waals surface area contributed by atoms with Gasteiger partial charge in [0.15, 0.2) is 0 Å². The van der Waals surface area contributed by atoms with Gasteiger partial charge in [-0.15, -0.1) is 0 Å². The van der Waals surface area contributed by atoms with E-state index in [-0.39, 0.29) is 0 Å². The highest BCUT2D eigenvalue weighted by molar-refractivity contribution is 5.47. The fourth-order valence-corrected chi connectivity index (χ4v) is 1.79. The van der Waals surface area contributed by atoms with Gasteiger partial charge in [-0.25, -0.2) is 0 Å². The van der Waals surface area contributed by atoms with E-state index in [2.05, 4.69) is 45.9 Å². The third-order valence-corrected chi connectivity index (χ3v) is 3.14. The van der Waals surface area contributed by atoms with Crippen LogP contribution < -0.4 is 0 Å². The number of hydrogen-bond donors (Lipinski definition) is 0. The van der Waals surface area contributed by atoms with E-state index in [1.165, 1.54) is 29.0 Å². The highest BCUT2D eigenvalue weighted by Gasteiger charge is 2.29. The molecule has 1 rings (SSSR count). The monoisotopic (exact) mass is 191 g/mol. The van der Waals surface area contributed by atoms with Gasteiger partial charge in [0.25, 0.3) is 0 Å². The van der Waals surface area contributed by atoms with Crippen LogP contribution in [0.15, 0.2) is 35.7 Å². The van der Waals surface area contributed by atoms with Crippen molar-refractivity contribution < 1.29 is 0 Å². The summed E-state index contributed by atoms with van der Waals surface area (Å²) in [6.45, 7) is 14.8. The van der Waals surface area contributed by atoms with Gasteiger partial charge in [0.2, 0.25) is 0 Å². The van der Waals surface area contributed by atoms with Gasteiger partial charge < -0.3 is 4.90 Å². The number of likely N-dealkylation sites (N-methyl/N-ethyl adjacent to an activating group) is 1. The van der Waals surface area contributed by atoms with Gasteiger partial charge in [-0.2, -0.15) is 0 Å². The van der Waals surface area contributed by atoms with Crippen LogP contribution in [0.3, 0.4) is 0 Å². The first-order valence-electron chi connectivity index (χ1n) is 5.32. The molecule has 0 N–H and O–H groups in total. The summed E-state index contributed by atoms with van der Waals surface area (Å²) < 4.78 is 0. The van der Waals surface area contributed by atoms with Gasteiger partial charge in [-0.1, -0.05) is 39.0 Å². The fourth-order valence-electron chi connectivity index (χ4n) is 1.79. The molecule has 0 amide bonds. The lowest BCUT2D eigenvalue weighted by Gasteiger charge is -2.15. The maximum atomic E-state index is 4.16. The molecule has 1 atom stereocenters. The maximum absolute atomic E-state index is 4.16. The lowest BCUT2D eigenvalue weighted by atomic mass is 9.91. The molecule has 1 heteroatoms. The Balaban J connectivity index is 2.58. The van der Waals surface area contributed by atoms with Crippen molar-refractivity contribution in [3.05, 3.63) is 35.7 Å². The zero-order chi connectivity index (χ0) is 10.9. The predicted molar refractivity (Wildman–Crippen MR) is 62.8 cm³/mol. The topological polar surface area (TPSA) is 3.01 Å². The number of hydrogen-bond acceptors (Lipinski definition) is 1. The van der Waals surface area contributed by atoms with E-state index in [9.17, 15) is 0 Å². The molecule has 0 aromatic heterocycles. The molecule has 0 radical (unpaired) electrons. The van der Waals surface area contributed by atoms with Crippen LogP contribution in [0, 0.1) is 5.92 Å². The number of rotatable bonds is 5. The fraction of sp³-hybridized carbons (Fsp3) is 0.538. The SMILES string of the molecule is C=C(CCC)C(C)C(=C)C1=C(C)N1C. The third-order valence-electron chi connectivity index (χ3n) is 3.14. The van der Waals surface area contributed by atoms with Gasteiger partial charge in [0.05, 0.1) is 5.70 Å². The zero-order valence-corrected chi connectivity index (χ0v) is 9.85. The van der Waals surface area contributed by atoms with Crippen molar-refractivity contribution in [2.24, 2.45) is 5.92 Å². The molecule has 1 unspecified atom stereocenters. The number of allylic oxidation sites excluding steroid dienone is 3. The van der Waals surface area contributed by atoms with Crippen molar-refractivity contribution in [1.29, 1.82) is 0 Å². The van der Waals surface area contributed by atoms with Crippen molar-refractivity contribution in [2.75, 3.05) is 7.05 Å². The first-order chi connectivity index (χ1) is 6.50. The average molecular weight is 191 g/mol. The third kappa shape index (κ3) is 1.92. The van der Waals surface area contributed by atoms with Crippen LogP contribution in [0.4, 0.5) is 0 Å². The van der Waals surface area contributed by atoms with Crippen molar-refractivity contribution in [1.82, 2.24) is 4.90 Å². The van der Waals surface area contributed by atoms with E-state index >= 15 is 0 Å². The molecule has 0 bridgehead atoms. The van der Waals surface area contributed by atoms with Crippen LogP contribution in [-0.4, -0.2) is 11.9 Å². The normalized spacial score (nSPS) is 17.0. The Kier molecular flexibility index (Phi) is 3.20. The summed E-state index contributed by atoms with van der Waals surface area (Å²) in [7, 11) is 2.09. The van der Waals surface area contributed by atoms with Crippen LogP contribution in [0.25, 0.3) is 0 Å². The van der Waals surface area contributed by atoms with E-state index in [0.717, 1.165) is 6.42 Å². The lowest BCUT2D eigenvalue weighted by molar-refractivity contribution is 0.659. The van der Waals surface area contributed by atoms with Crippen molar-refractivity contribution in [3.8, 4) is 0 Å². The van der Waals surface area contributed by atoms with Crippen LogP contribution in [0.5, 0.6) is 0 Å². The van der Waals surface area contributed by atoms with Gasteiger partial charge in [0.1, 0.15) is 0 Å². The van der Waals surface area contributed by atoms with Crippen molar-refractivity contribution in [2.45, 2.75) is 33.6 Å². The van der Waals surface area contributed by atoms with Crippen molar-refractivity contribution >= 4 is 0 Å². The zero-order valence-electron chi connectivity index (χ0n) is 9.85. The van der Waals surface area contributed by atoms with Gasteiger partial charge in [-0.3, -0.25) is 0 Å². The predicted octanol–water partition coefficient (Wildman–Crippen LogP) is 3.71. The molecule has 0 fully saturated rings. The lowest BCUT2D eigenvalue weighted by Crippen LogP contribution is -2.04. The Morgan fingerprint density at radius 3 is 2.29 bits per heavy atom. The number of nitrogens with zero attached hydrogens (tertiary/aromatic N) is 1. The van der Waals surface area contributed by atoms with Crippen molar-refractivity contribution in [3.63, 3.8) is 0 Å². The summed E-state index contributed by atoms with van der Waals surface area (Å²) in [6, 6.07) is 0. The largest absolute Gasteiger partial charge is 0.345 e. The molecule has 0 saturated carbocycles. The molecule has 0 aromatic rings. The van der Waals surface area contributed by atoms with E-state index in [4.69, 9.17) is 0 Å². The molecule has 78 valence electrons. The molecule has 14 heavy (non-hydrogen) atoms. The first kappa shape index (κ1) is 11.1. The van der Waals surface area contributed by atoms with E-state index in [1.807, 2.05) is 0 Å². The highest BCUT2D eigenvalue weighted by atomic mass is 15.2. The van der Waals surface area contributed by atoms with Gasteiger partial charge in [-0.05, 0) is 18.9 Å². The average Bonchev–Trinajstić information content (AvgIpc) is 2.73. The molecule has 1 nitrogen and oxygen atoms in total. The molecular formula is C13H21N. The quantitative estimate of drug-likeness (QED) is 0.599. The van der Waals surface area contributed by atoms with E-state index in [1.54, 1.807) is 0 Å². The standard InChI is InChI=1S/C13H21N/c1-7-8-9(2)10(3)11(4)13-12(5)14(13)6/h10H,2,4,7-8H2,1,3,5-6H3. The second-order valence-corrected chi connectivity index (χ2v) is 4.15. The first-order valence-corrected chi connectivity index (χ1v) is 5.32. The van der Waals surface area contributed by atoms with Gasteiger partial charge in [0, 0.05) is 18.7 Å². The van der Waals surface area contributed by atoms with E-state index < -0.39 is 0 Å². The molecule has 0 aliphatic carbocycles. The summed E-state index contributed by atoms with van der Waals surface area (Å²) in [5, 5.41) is 0. The Morgan fingerprint density at radius 1 is 1.43 bits per heavy atom. The van der Waals surface area contributed by atoms with Crippen LogP contribution in [-0.2, 0) is 0 Å². The second kappa shape index (κ2) is 4.04. The molecule has 0 aromatic carbocycles. The molecule has 0 saturated heterocycles. The molecule has 1 heterocycles. The van der Waals surface area contributed by atoms with Crippen LogP contribution in [0.1, 0.15) is 33.6 Å². The minimum Gasteiger partial charge on any atom is -0.345 e. The smallest absolute Gasteiger partial charge is 0.0634 e. The Morgan fingerprint density at radius 2 is 1.93 bits per heavy atom. The Hall–Kier alpha value is -0.980. The highest BCUT2D eigenvalue weighted by Crippen LogP contribution is 2.39. The van der Waals surface area contributed by atoms with Gasteiger partial charge >= 0.3 is 0 Å². The maximum Gasteiger partial charge on any atom is 0.0634 e. The minimum atomic E-state index is 0.421. The van der Waals surface area contributed by atoms with E-state index in [0.29, 0.717) is 5.92 Å². The van der Waals surface area contributed by atoms with Crippen LogP contribution >= 0.6 is 0 Å². The molecule has 0 spiro atoms. The minimum absolute atomic E-state index is 0.421. The second-order valence-electron chi connectivity index (χ2n) is 4.15. The Labute approximate surface area is 87.8 Å². The summed E-state index contributed by atoms with van der Waals surface area (Å²) >= 11 is 0. The summed E-state index contributed by atoms with van der Waals surface area (Å²) in [5.74, 6) is 0.421. The Bertz CT molecular complexity index is 296. The van der Waals surface area contributed by atoms with Crippen LogP contribution in [0.2, 0.25) is 0 Å². The summed E-state index contributed by atoms with van der Waals surface area (Å²) in [4.78, 5) is 2.19.